The maximum Gasteiger partial charge on any atom is 0.227 e. The van der Waals surface area contributed by atoms with Crippen LogP contribution in [0.3, 0.4) is 0 Å². The SMILES string of the molecule is NCC1(C(=O)NCC2CCOc3ccccc32)CCOCC1. The number of carbonyl (C=O) groups is 1. The number of hydrogen-bond donors (Lipinski definition) is 2. The molecule has 0 radical (unpaired) electrons. The molecule has 2 heterocycles. The van der Waals surface area contributed by atoms with Gasteiger partial charge in [0, 0.05) is 32.2 Å². The fraction of sp³-hybridized carbons (Fsp3) is 0.588. The van der Waals surface area contributed by atoms with Gasteiger partial charge in [0.1, 0.15) is 5.75 Å². The first-order chi connectivity index (χ1) is 10.7. The average molecular weight is 304 g/mol. The Morgan fingerprint density at radius 3 is 2.82 bits per heavy atom. The fourth-order valence-electron chi connectivity index (χ4n) is 3.32. The van der Waals surface area contributed by atoms with Crippen LogP contribution in [0.15, 0.2) is 24.3 Å². The minimum absolute atomic E-state index is 0.0715. The van der Waals surface area contributed by atoms with E-state index in [1.54, 1.807) is 0 Å². The normalized spacial score (nSPS) is 23.2. The van der Waals surface area contributed by atoms with E-state index in [0.29, 0.717) is 51.7 Å². The lowest BCUT2D eigenvalue weighted by Crippen LogP contribution is -2.50. The maximum absolute atomic E-state index is 12.6. The number of hydrogen-bond acceptors (Lipinski definition) is 4. The number of benzene rings is 1. The van der Waals surface area contributed by atoms with E-state index in [4.69, 9.17) is 15.2 Å². The molecule has 5 heteroatoms. The molecule has 0 saturated carbocycles. The van der Waals surface area contributed by atoms with E-state index in [-0.39, 0.29) is 5.91 Å². The van der Waals surface area contributed by atoms with Crippen LogP contribution in [-0.2, 0) is 9.53 Å². The van der Waals surface area contributed by atoms with Crippen LogP contribution in [0.5, 0.6) is 5.75 Å². The first kappa shape index (κ1) is 15.3. The van der Waals surface area contributed by atoms with E-state index in [2.05, 4.69) is 11.4 Å². The highest BCUT2D eigenvalue weighted by atomic mass is 16.5. The summed E-state index contributed by atoms with van der Waals surface area (Å²) >= 11 is 0. The minimum Gasteiger partial charge on any atom is -0.493 e. The molecule has 0 aliphatic carbocycles. The second-order valence-electron chi connectivity index (χ2n) is 6.18. The molecule has 2 aliphatic heterocycles. The molecule has 5 nitrogen and oxygen atoms in total. The van der Waals surface area contributed by atoms with E-state index in [9.17, 15) is 4.79 Å². The Kier molecular flexibility index (Phi) is 4.64. The molecule has 22 heavy (non-hydrogen) atoms. The summed E-state index contributed by atoms with van der Waals surface area (Å²) in [6, 6.07) is 8.06. The third-order valence-corrected chi connectivity index (χ3v) is 4.91. The van der Waals surface area contributed by atoms with Crippen molar-refractivity contribution in [3.8, 4) is 5.75 Å². The molecule has 1 atom stereocenters. The van der Waals surface area contributed by atoms with Crippen LogP contribution >= 0.6 is 0 Å². The van der Waals surface area contributed by atoms with Gasteiger partial charge < -0.3 is 20.5 Å². The van der Waals surface area contributed by atoms with Crippen molar-refractivity contribution in [2.24, 2.45) is 11.1 Å². The van der Waals surface area contributed by atoms with Crippen LogP contribution in [0.25, 0.3) is 0 Å². The summed E-state index contributed by atoms with van der Waals surface area (Å²) in [7, 11) is 0. The van der Waals surface area contributed by atoms with E-state index in [0.717, 1.165) is 12.2 Å². The molecule has 1 aromatic rings. The van der Waals surface area contributed by atoms with Crippen LogP contribution in [0.2, 0.25) is 0 Å². The average Bonchev–Trinajstić information content (AvgIpc) is 2.60. The van der Waals surface area contributed by atoms with E-state index < -0.39 is 5.41 Å². The van der Waals surface area contributed by atoms with Crippen LogP contribution < -0.4 is 15.8 Å². The largest absolute Gasteiger partial charge is 0.493 e. The van der Waals surface area contributed by atoms with Crippen molar-refractivity contribution in [3.05, 3.63) is 29.8 Å². The van der Waals surface area contributed by atoms with Gasteiger partial charge in [-0.1, -0.05) is 18.2 Å². The molecule has 2 aliphatic rings. The van der Waals surface area contributed by atoms with Crippen molar-refractivity contribution in [2.75, 3.05) is 32.9 Å². The number of amides is 1. The monoisotopic (exact) mass is 304 g/mol. The highest BCUT2D eigenvalue weighted by Crippen LogP contribution is 2.34. The molecule has 1 aromatic carbocycles. The zero-order valence-corrected chi connectivity index (χ0v) is 12.8. The van der Waals surface area contributed by atoms with Crippen molar-refractivity contribution in [1.82, 2.24) is 5.32 Å². The third-order valence-electron chi connectivity index (χ3n) is 4.91. The van der Waals surface area contributed by atoms with Gasteiger partial charge in [0.05, 0.1) is 12.0 Å². The Hall–Kier alpha value is -1.59. The van der Waals surface area contributed by atoms with Gasteiger partial charge in [-0.15, -0.1) is 0 Å². The van der Waals surface area contributed by atoms with Crippen LogP contribution in [-0.4, -0.2) is 38.8 Å². The van der Waals surface area contributed by atoms with E-state index >= 15 is 0 Å². The van der Waals surface area contributed by atoms with Gasteiger partial charge in [-0.05, 0) is 30.9 Å². The molecule has 1 fully saturated rings. The second kappa shape index (κ2) is 6.67. The predicted octanol–water partition coefficient (Wildman–Crippen LogP) is 1.42. The molecule has 3 rings (SSSR count). The summed E-state index contributed by atoms with van der Waals surface area (Å²) in [5, 5.41) is 3.12. The molecule has 1 amide bonds. The molecule has 120 valence electrons. The Labute approximate surface area is 131 Å². The number of rotatable bonds is 4. The topological polar surface area (TPSA) is 73.6 Å². The highest BCUT2D eigenvalue weighted by Gasteiger charge is 2.39. The number of fused-ring (bicyclic) bond motifs is 1. The van der Waals surface area contributed by atoms with Gasteiger partial charge in [-0.3, -0.25) is 4.79 Å². The Morgan fingerprint density at radius 1 is 1.27 bits per heavy atom. The zero-order chi connectivity index (χ0) is 15.4. The molecule has 1 unspecified atom stereocenters. The summed E-state index contributed by atoms with van der Waals surface area (Å²) in [6.07, 6.45) is 2.34. The quantitative estimate of drug-likeness (QED) is 0.882. The molecule has 0 bridgehead atoms. The lowest BCUT2D eigenvalue weighted by atomic mass is 9.79. The number of para-hydroxylation sites is 1. The zero-order valence-electron chi connectivity index (χ0n) is 12.8. The molecule has 1 saturated heterocycles. The Balaban J connectivity index is 1.64. The van der Waals surface area contributed by atoms with Crippen molar-refractivity contribution in [3.63, 3.8) is 0 Å². The van der Waals surface area contributed by atoms with E-state index in [1.807, 2.05) is 18.2 Å². The molecule has 0 spiro atoms. The number of nitrogens with two attached hydrogens (primary N) is 1. The molecule has 0 aromatic heterocycles. The summed E-state index contributed by atoms with van der Waals surface area (Å²) in [6.45, 7) is 2.96. The van der Waals surface area contributed by atoms with Gasteiger partial charge in [-0.2, -0.15) is 0 Å². The molecule has 3 N–H and O–H groups in total. The van der Waals surface area contributed by atoms with Gasteiger partial charge in [0.15, 0.2) is 0 Å². The van der Waals surface area contributed by atoms with Crippen molar-refractivity contribution in [2.45, 2.75) is 25.2 Å². The van der Waals surface area contributed by atoms with Crippen molar-refractivity contribution >= 4 is 5.91 Å². The number of carbonyl (C=O) groups excluding carboxylic acids is 1. The smallest absolute Gasteiger partial charge is 0.227 e. The Bertz CT molecular complexity index is 526. The molecular formula is C17H24N2O3. The fourth-order valence-corrected chi connectivity index (χ4v) is 3.32. The van der Waals surface area contributed by atoms with Crippen LogP contribution in [0, 0.1) is 5.41 Å². The third kappa shape index (κ3) is 2.96. The lowest BCUT2D eigenvalue weighted by molar-refractivity contribution is -0.136. The van der Waals surface area contributed by atoms with Gasteiger partial charge >= 0.3 is 0 Å². The lowest BCUT2D eigenvalue weighted by Gasteiger charge is -2.35. The van der Waals surface area contributed by atoms with Crippen molar-refractivity contribution < 1.29 is 14.3 Å². The van der Waals surface area contributed by atoms with Gasteiger partial charge in [0.25, 0.3) is 0 Å². The van der Waals surface area contributed by atoms with Crippen LogP contribution in [0.1, 0.15) is 30.7 Å². The summed E-state index contributed by atoms with van der Waals surface area (Å²) < 4.78 is 11.0. The molecular weight excluding hydrogens is 280 g/mol. The highest BCUT2D eigenvalue weighted by molar-refractivity contribution is 5.83. The summed E-state index contributed by atoms with van der Waals surface area (Å²) in [5.74, 6) is 1.32. The standard InChI is InChI=1S/C17H24N2O3/c18-12-17(6-9-21-10-7-17)16(20)19-11-13-5-8-22-15-4-2-1-3-14(13)15/h1-4,13H,5-12,18H2,(H,19,20). The predicted molar refractivity (Wildman–Crippen MR) is 83.8 cm³/mol. The van der Waals surface area contributed by atoms with Gasteiger partial charge in [-0.25, -0.2) is 0 Å². The first-order valence-corrected chi connectivity index (χ1v) is 8.03. The summed E-state index contributed by atoms with van der Waals surface area (Å²) in [5.41, 5.74) is 6.62. The van der Waals surface area contributed by atoms with Gasteiger partial charge in [0.2, 0.25) is 5.91 Å². The summed E-state index contributed by atoms with van der Waals surface area (Å²) in [4.78, 5) is 12.6. The number of ether oxygens (including phenoxy) is 2. The van der Waals surface area contributed by atoms with Crippen molar-refractivity contribution in [1.29, 1.82) is 0 Å². The second-order valence-corrected chi connectivity index (χ2v) is 6.18. The van der Waals surface area contributed by atoms with E-state index in [1.165, 1.54) is 5.56 Å². The first-order valence-electron chi connectivity index (χ1n) is 8.03. The maximum atomic E-state index is 12.6. The Morgan fingerprint density at radius 2 is 2.05 bits per heavy atom. The number of nitrogens with one attached hydrogen (secondary N) is 1. The minimum atomic E-state index is -0.455. The van der Waals surface area contributed by atoms with Crippen LogP contribution in [0.4, 0.5) is 0 Å².